The highest BCUT2D eigenvalue weighted by molar-refractivity contribution is 6.44. The molecule has 0 bridgehead atoms. The number of aromatic nitrogens is 1. The molecule has 1 aliphatic heterocycles. The number of benzene rings is 2. The molecule has 3 aromatic rings. The molecule has 1 N–H and O–H groups in total. The van der Waals surface area contributed by atoms with Gasteiger partial charge in [-0.3, -0.25) is 14.4 Å². The predicted octanol–water partition coefficient (Wildman–Crippen LogP) is 3.45. The molecule has 1 amide bonds. The summed E-state index contributed by atoms with van der Waals surface area (Å²) >= 11 is 0. The van der Waals surface area contributed by atoms with Crippen LogP contribution in [0.2, 0.25) is 0 Å². The number of aromatic amines is 1. The average Bonchev–Trinajstić information content (AvgIpc) is 3.11. The Balaban J connectivity index is 1.81. The summed E-state index contributed by atoms with van der Waals surface area (Å²) in [5, 5.41) is 0. The number of ether oxygens (including phenoxy) is 2. The molecule has 0 spiro atoms. The van der Waals surface area contributed by atoms with E-state index in [0.29, 0.717) is 35.8 Å². The van der Waals surface area contributed by atoms with Gasteiger partial charge in [-0.05, 0) is 37.6 Å². The first-order valence-electron chi connectivity index (χ1n) is 11.3. The van der Waals surface area contributed by atoms with E-state index in [2.05, 4.69) is 4.98 Å². The summed E-state index contributed by atoms with van der Waals surface area (Å²) in [5.74, 6) is -1.83. The number of carbonyl (C=O) groups is 3. The molecule has 7 heteroatoms. The second-order valence-electron chi connectivity index (χ2n) is 7.93. The van der Waals surface area contributed by atoms with Gasteiger partial charge in [0.15, 0.2) is 29.7 Å². The molecule has 2 atom stereocenters. The largest absolute Gasteiger partial charge is 0.490 e. The molecular weight excluding hydrogens is 432 g/mol. The van der Waals surface area contributed by atoms with E-state index in [9.17, 15) is 14.4 Å². The second-order valence-corrected chi connectivity index (χ2v) is 7.93. The number of nitrogens with one attached hydrogen (secondary N) is 1. The number of hydrogen-bond donors (Lipinski definition) is 0. The highest BCUT2D eigenvalue weighted by Crippen LogP contribution is 2.42. The van der Waals surface area contributed by atoms with Crippen LogP contribution in [0.25, 0.3) is 0 Å². The monoisotopic (exact) mass is 459 g/mol. The number of likely N-dealkylation sites (tertiary alicyclic amines) is 1. The van der Waals surface area contributed by atoms with E-state index in [0.717, 1.165) is 5.56 Å². The molecule has 4 rings (SSSR count). The Morgan fingerprint density at radius 1 is 0.941 bits per heavy atom. The lowest BCUT2D eigenvalue weighted by atomic mass is 9.86. The molecule has 0 aliphatic carbocycles. The molecule has 1 aliphatic rings. The lowest BCUT2D eigenvalue weighted by molar-refractivity contribution is -0.378. The number of H-pyrrole nitrogens is 1. The molecule has 2 aromatic carbocycles. The van der Waals surface area contributed by atoms with Gasteiger partial charge < -0.3 is 14.4 Å². The molecule has 2 unspecified atom stereocenters. The first-order valence-corrected chi connectivity index (χ1v) is 11.3. The van der Waals surface area contributed by atoms with Crippen molar-refractivity contribution < 1.29 is 28.8 Å². The number of nitrogens with zero attached hydrogens (tertiary/aromatic N) is 1. The third-order valence-electron chi connectivity index (χ3n) is 5.78. The van der Waals surface area contributed by atoms with Crippen molar-refractivity contribution >= 4 is 17.5 Å². The normalized spacial score (nSPS) is 17.6. The number of rotatable bonds is 9. The van der Waals surface area contributed by atoms with Crippen molar-refractivity contribution in [2.24, 2.45) is 5.92 Å². The smallest absolute Gasteiger partial charge is 0.291 e. The average molecular weight is 460 g/mol. The number of pyridine rings is 1. The number of carbonyl (C=O) groups excluding carboxylic acids is 3. The Morgan fingerprint density at radius 3 is 2.35 bits per heavy atom. The van der Waals surface area contributed by atoms with E-state index >= 15 is 0 Å². The van der Waals surface area contributed by atoms with E-state index in [1.807, 2.05) is 26.0 Å². The minimum absolute atomic E-state index is 0.183. The highest BCUT2D eigenvalue weighted by Gasteiger charge is 2.51. The number of amides is 1. The van der Waals surface area contributed by atoms with Gasteiger partial charge in [-0.1, -0.05) is 36.4 Å². The quantitative estimate of drug-likeness (QED) is 0.278. The topological polar surface area (TPSA) is 87.1 Å². The van der Waals surface area contributed by atoms with Gasteiger partial charge in [-0.25, -0.2) is 4.98 Å². The summed E-state index contributed by atoms with van der Waals surface area (Å²) < 4.78 is 11.4. The molecule has 174 valence electrons. The molecule has 1 saturated heterocycles. The summed E-state index contributed by atoms with van der Waals surface area (Å²) in [7, 11) is 0. The molecule has 2 heterocycles. The van der Waals surface area contributed by atoms with Crippen molar-refractivity contribution in [3.63, 3.8) is 0 Å². The summed E-state index contributed by atoms with van der Waals surface area (Å²) in [5.41, 5.74) is 1.85. The van der Waals surface area contributed by atoms with Gasteiger partial charge >= 0.3 is 0 Å². The van der Waals surface area contributed by atoms with Crippen LogP contribution in [-0.2, 0) is 16.1 Å². The van der Waals surface area contributed by atoms with Crippen LogP contribution in [0, 0.1) is 5.92 Å². The molecule has 0 radical (unpaired) electrons. The summed E-state index contributed by atoms with van der Waals surface area (Å²) in [6.07, 6.45) is 3.53. The number of hydrogen-bond acceptors (Lipinski definition) is 5. The zero-order valence-electron chi connectivity index (χ0n) is 19.2. The van der Waals surface area contributed by atoms with Crippen LogP contribution in [0.4, 0.5) is 0 Å². The lowest BCUT2D eigenvalue weighted by Crippen LogP contribution is -2.30. The van der Waals surface area contributed by atoms with Gasteiger partial charge in [0.25, 0.3) is 5.91 Å². The van der Waals surface area contributed by atoms with Gasteiger partial charge in [-0.15, -0.1) is 0 Å². The highest BCUT2D eigenvalue weighted by atomic mass is 16.5. The maximum atomic E-state index is 13.5. The second kappa shape index (κ2) is 10.3. The summed E-state index contributed by atoms with van der Waals surface area (Å²) in [6, 6.07) is 16.8. The van der Waals surface area contributed by atoms with E-state index < -0.39 is 23.7 Å². The zero-order chi connectivity index (χ0) is 24.1. The maximum absolute atomic E-state index is 13.5. The van der Waals surface area contributed by atoms with Crippen LogP contribution in [0.1, 0.15) is 41.4 Å². The van der Waals surface area contributed by atoms with Crippen LogP contribution in [0.5, 0.6) is 11.5 Å². The molecular formula is C27H27N2O5+. The van der Waals surface area contributed by atoms with E-state index in [4.69, 9.17) is 9.47 Å². The Morgan fingerprint density at radius 2 is 1.68 bits per heavy atom. The minimum Gasteiger partial charge on any atom is -0.490 e. The van der Waals surface area contributed by atoms with Crippen LogP contribution in [-0.4, -0.2) is 35.6 Å². The Labute approximate surface area is 198 Å². The van der Waals surface area contributed by atoms with Crippen molar-refractivity contribution in [2.45, 2.75) is 26.4 Å². The van der Waals surface area contributed by atoms with Crippen molar-refractivity contribution in [3.8, 4) is 11.5 Å². The first kappa shape index (κ1) is 23.2. The van der Waals surface area contributed by atoms with Crippen LogP contribution in [0.3, 0.4) is 0 Å². The van der Waals surface area contributed by atoms with Crippen LogP contribution < -0.4 is 14.5 Å². The third-order valence-corrected chi connectivity index (χ3v) is 5.78. The van der Waals surface area contributed by atoms with Crippen molar-refractivity contribution in [1.29, 1.82) is 0 Å². The fourth-order valence-corrected chi connectivity index (χ4v) is 4.29. The van der Waals surface area contributed by atoms with Crippen molar-refractivity contribution in [2.75, 3.05) is 13.2 Å². The fraction of sp³-hybridized carbons (Fsp3) is 0.259. The van der Waals surface area contributed by atoms with Crippen molar-refractivity contribution in [3.05, 3.63) is 89.7 Å². The lowest BCUT2D eigenvalue weighted by Gasteiger charge is -2.27. The zero-order valence-corrected chi connectivity index (χ0v) is 19.2. The SMILES string of the molecule is CCOc1ccc(C2C(C(=O)c3ccccc3)C(=O)C(=O)N2Cc2ccc[nH+]c2)cc1OCC. The molecule has 0 saturated carbocycles. The molecule has 1 fully saturated rings. The molecule has 7 nitrogen and oxygen atoms in total. The van der Waals surface area contributed by atoms with Gasteiger partial charge in [0, 0.05) is 17.2 Å². The van der Waals surface area contributed by atoms with E-state index in [-0.39, 0.29) is 12.3 Å². The van der Waals surface area contributed by atoms with Crippen LogP contribution in [0.15, 0.2) is 73.1 Å². The molecule has 34 heavy (non-hydrogen) atoms. The van der Waals surface area contributed by atoms with Gasteiger partial charge in [0.2, 0.25) is 5.78 Å². The minimum atomic E-state index is -1.16. The fourth-order valence-electron chi connectivity index (χ4n) is 4.29. The van der Waals surface area contributed by atoms with Gasteiger partial charge in [0.05, 0.1) is 25.8 Å². The Bertz CT molecular complexity index is 1180. The Hall–Kier alpha value is -4.00. The first-order chi connectivity index (χ1) is 16.5. The van der Waals surface area contributed by atoms with Gasteiger partial charge in [0.1, 0.15) is 5.92 Å². The van der Waals surface area contributed by atoms with Gasteiger partial charge in [-0.2, -0.15) is 0 Å². The van der Waals surface area contributed by atoms with E-state index in [1.165, 1.54) is 4.90 Å². The predicted molar refractivity (Wildman–Crippen MR) is 124 cm³/mol. The summed E-state index contributed by atoms with van der Waals surface area (Å²) in [4.78, 5) is 44.4. The Kier molecular flexibility index (Phi) is 7.01. The number of ketones is 2. The standard InChI is InChI=1S/C27H26N2O5/c1-3-33-21-13-12-20(15-22(21)34-4-2)24-23(25(30)19-10-6-5-7-11-19)26(31)27(32)29(24)17-18-9-8-14-28-16-18/h5-16,23-24H,3-4,17H2,1-2H3/p+1. The van der Waals surface area contributed by atoms with E-state index in [1.54, 1.807) is 60.9 Å². The van der Waals surface area contributed by atoms with Crippen molar-refractivity contribution in [1.82, 2.24) is 4.90 Å². The molecule has 1 aromatic heterocycles. The van der Waals surface area contributed by atoms with Crippen LogP contribution >= 0.6 is 0 Å². The number of Topliss-reactive ketones (excluding diaryl/α,β-unsaturated/α-hetero) is 2. The third kappa shape index (κ3) is 4.55. The maximum Gasteiger partial charge on any atom is 0.291 e. The summed E-state index contributed by atoms with van der Waals surface area (Å²) in [6.45, 7) is 4.81.